The van der Waals surface area contributed by atoms with Crippen molar-refractivity contribution in [2.75, 3.05) is 11.9 Å². The average Bonchev–Trinajstić information content (AvgIpc) is 2.36. The lowest BCUT2D eigenvalue weighted by molar-refractivity contribution is -0.121. The molecule has 0 aliphatic heterocycles. The van der Waals surface area contributed by atoms with Gasteiger partial charge < -0.3 is 10.6 Å². The lowest BCUT2D eigenvalue weighted by Crippen LogP contribution is -2.37. The van der Waals surface area contributed by atoms with Crippen LogP contribution >= 0.6 is 0 Å². The molecule has 4 nitrogen and oxygen atoms in total. The van der Waals surface area contributed by atoms with Gasteiger partial charge >= 0.3 is 0 Å². The molecule has 0 aromatic heterocycles. The van der Waals surface area contributed by atoms with E-state index in [9.17, 15) is 4.79 Å². The van der Waals surface area contributed by atoms with Crippen LogP contribution in [-0.4, -0.2) is 18.5 Å². The Morgan fingerprint density at radius 2 is 2.41 bits per heavy atom. The molecule has 2 N–H and O–H groups in total. The molecule has 0 bridgehead atoms. The van der Waals surface area contributed by atoms with Crippen molar-refractivity contribution in [2.24, 2.45) is 0 Å². The molecule has 1 aromatic carbocycles. The topological polar surface area (TPSA) is 64.9 Å². The Morgan fingerprint density at radius 1 is 1.65 bits per heavy atom. The second kappa shape index (κ2) is 6.33. The molecule has 0 heterocycles. The van der Waals surface area contributed by atoms with Crippen LogP contribution in [0.5, 0.6) is 0 Å². The molecule has 0 fully saturated rings. The molecule has 1 rings (SSSR count). The molecule has 0 spiro atoms. The molecule has 1 unspecified atom stereocenters. The van der Waals surface area contributed by atoms with Crippen LogP contribution in [-0.2, 0) is 4.79 Å². The third-order valence-corrected chi connectivity index (χ3v) is 2.19. The summed E-state index contributed by atoms with van der Waals surface area (Å²) < 4.78 is 0. The Bertz CT molecular complexity index is 448. The van der Waals surface area contributed by atoms with Gasteiger partial charge in [0.15, 0.2) is 0 Å². The van der Waals surface area contributed by atoms with E-state index in [1.54, 1.807) is 31.2 Å². The van der Waals surface area contributed by atoms with Crippen molar-refractivity contribution in [1.82, 2.24) is 5.32 Å². The third-order valence-electron chi connectivity index (χ3n) is 2.19. The lowest BCUT2D eigenvalue weighted by atomic mass is 10.2. The fraction of sp³-hybridized carbons (Fsp3) is 0.231. The maximum absolute atomic E-state index is 11.6. The minimum atomic E-state index is -0.358. The average molecular weight is 229 g/mol. The van der Waals surface area contributed by atoms with E-state index in [4.69, 9.17) is 5.26 Å². The summed E-state index contributed by atoms with van der Waals surface area (Å²) in [6, 6.07) is 8.70. The number of rotatable bonds is 5. The quantitative estimate of drug-likeness (QED) is 0.755. The van der Waals surface area contributed by atoms with Crippen LogP contribution in [0.2, 0.25) is 0 Å². The molecule has 0 saturated heterocycles. The predicted molar refractivity (Wildman–Crippen MR) is 67.4 cm³/mol. The minimum Gasteiger partial charge on any atom is -0.374 e. The van der Waals surface area contributed by atoms with Gasteiger partial charge in [0.05, 0.1) is 11.6 Å². The molecule has 88 valence electrons. The Morgan fingerprint density at radius 3 is 3.06 bits per heavy atom. The van der Waals surface area contributed by atoms with Gasteiger partial charge in [-0.2, -0.15) is 5.26 Å². The van der Waals surface area contributed by atoms with Crippen LogP contribution in [0.15, 0.2) is 36.9 Å². The normalized spacial score (nSPS) is 11.1. The summed E-state index contributed by atoms with van der Waals surface area (Å²) in [7, 11) is 0. The Balaban J connectivity index is 2.61. The lowest BCUT2D eigenvalue weighted by Gasteiger charge is -2.14. The van der Waals surface area contributed by atoms with E-state index in [-0.39, 0.29) is 11.9 Å². The third kappa shape index (κ3) is 3.99. The van der Waals surface area contributed by atoms with Crippen LogP contribution < -0.4 is 10.6 Å². The highest BCUT2D eigenvalue weighted by Gasteiger charge is 2.11. The number of carbonyl (C=O) groups is 1. The molecule has 1 aromatic rings. The number of amides is 1. The van der Waals surface area contributed by atoms with Crippen LogP contribution in [0.3, 0.4) is 0 Å². The van der Waals surface area contributed by atoms with E-state index < -0.39 is 0 Å². The van der Waals surface area contributed by atoms with E-state index in [1.165, 1.54) is 0 Å². The van der Waals surface area contributed by atoms with Gasteiger partial charge in [0.25, 0.3) is 0 Å². The summed E-state index contributed by atoms with van der Waals surface area (Å²) in [5.41, 5.74) is 1.32. The summed E-state index contributed by atoms with van der Waals surface area (Å²) in [4.78, 5) is 11.6. The predicted octanol–water partition coefficient (Wildman–Crippen LogP) is 1.66. The molecule has 0 radical (unpaired) electrons. The smallest absolute Gasteiger partial charge is 0.242 e. The fourth-order valence-corrected chi connectivity index (χ4v) is 1.32. The summed E-state index contributed by atoms with van der Waals surface area (Å²) in [5.74, 6) is -0.104. The maximum Gasteiger partial charge on any atom is 0.242 e. The highest BCUT2D eigenvalue weighted by atomic mass is 16.2. The van der Waals surface area contributed by atoms with Crippen molar-refractivity contribution in [3.8, 4) is 6.07 Å². The summed E-state index contributed by atoms with van der Waals surface area (Å²) in [5, 5.41) is 14.5. The second-order valence-electron chi connectivity index (χ2n) is 3.59. The number of nitrogens with one attached hydrogen (secondary N) is 2. The SMILES string of the molecule is C=CCNC(=O)C(C)Nc1cccc(C#N)c1. The Kier molecular flexibility index (Phi) is 4.77. The van der Waals surface area contributed by atoms with E-state index in [2.05, 4.69) is 23.3 Å². The number of benzene rings is 1. The summed E-state index contributed by atoms with van der Waals surface area (Å²) >= 11 is 0. The van der Waals surface area contributed by atoms with Gasteiger partial charge in [-0.3, -0.25) is 4.79 Å². The first-order chi connectivity index (χ1) is 8.17. The van der Waals surface area contributed by atoms with E-state index in [1.807, 2.05) is 6.07 Å². The van der Waals surface area contributed by atoms with Crippen LogP contribution in [0.1, 0.15) is 12.5 Å². The van der Waals surface area contributed by atoms with Crippen molar-refractivity contribution in [3.05, 3.63) is 42.5 Å². The van der Waals surface area contributed by atoms with Crippen molar-refractivity contribution in [2.45, 2.75) is 13.0 Å². The zero-order chi connectivity index (χ0) is 12.7. The van der Waals surface area contributed by atoms with Crippen molar-refractivity contribution >= 4 is 11.6 Å². The zero-order valence-electron chi connectivity index (χ0n) is 9.73. The van der Waals surface area contributed by atoms with Crippen LogP contribution in [0.25, 0.3) is 0 Å². The molecule has 1 atom stereocenters. The van der Waals surface area contributed by atoms with Gasteiger partial charge in [0.1, 0.15) is 6.04 Å². The first kappa shape index (κ1) is 12.8. The molecule has 0 aliphatic carbocycles. The number of nitrogens with zero attached hydrogens (tertiary/aromatic N) is 1. The molecule has 0 saturated carbocycles. The largest absolute Gasteiger partial charge is 0.374 e. The van der Waals surface area contributed by atoms with Gasteiger partial charge in [-0.25, -0.2) is 0 Å². The van der Waals surface area contributed by atoms with E-state index in [0.717, 1.165) is 5.69 Å². The van der Waals surface area contributed by atoms with Gasteiger partial charge in [-0.15, -0.1) is 6.58 Å². The number of anilines is 1. The monoisotopic (exact) mass is 229 g/mol. The van der Waals surface area contributed by atoms with Gasteiger partial charge in [-0.05, 0) is 25.1 Å². The van der Waals surface area contributed by atoms with E-state index in [0.29, 0.717) is 12.1 Å². The second-order valence-corrected chi connectivity index (χ2v) is 3.59. The number of hydrogen-bond donors (Lipinski definition) is 2. The minimum absolute atomic E-state index is 0.104. The van der Waals surface area contributed by atoms with Gasteiger partial charge in [0, 0.05) is 12.2 Å². The maximum atomic E-state index is 11.6. The van der Waals surface area contributed by atoms with Crippen LogP contribution in [0.4, 0.5) is 5.69 Å². The van der Waals surface area contributed by atoms with Crippen molar-refractivity contribution < 1.29 is 4.79 Å². The molecule has 17 heavy (non-hydrogen) atoms. The van der Waals surface area contributed by atoms with Crippen molar-refractivity contribution in [3.63, 3.8) is 0 Å². The van der Waals surface area contributed by atoms with E-state index >= 15 is 0 Å². The number of carbonyl (C=O) groups excluding carboxylic acids is 1. The first-order valence-corrected chi connectivity index (χ1v) is 5.32. The van der Waals surface area contributed by atoms with Crippen LogP contribution in [0, 0.1) is 11.3 Å². The fourth-order valence-electron chi connectivity index (χ4n) is 1.32. The number of nitriles is 1. The summed E-state index contributed by atoms with van der Waals surface area (Å²) in [6.07, 6.45) is 1.63. The molecular formula is C13H15N3O. The van der Waals surface area contributed by atoms with Crippen molar-refractivity contribution in [1.29, 1.82) is 5.26 Å². The summed E-state index contributed by atoms with van der Waals surface area (Å²) in [6.45, 7) is 5.74. The molecule has 0 aliphatic rings. The van der Waals surface area contributed by atoms with Gasteiger partial charge in [0.2, 0.25) is 5.91 Å². The molecule has 4 heteroatoms. The Labute approximate surface area is 101 Å². The Hall–Kier alpha value is -2.28. The zero-order valence-corrected chi connectivity index (χ0v) is 9.73. The first-order valence-electron chi connectivity index (χ1n) is 5.32. The molecular weight excluding hydrogens is 214 g/mol. The van der Waals surface area contributed by atoms with Gasteiger partial charge in [-0.1, -0.05) is 12.1 Å². The molecule has 1 amide bonds. The highest BCUT2D eigenvalue weighted by Crippen LogP contribution is 2.10. The standard InChI is InChI=1S/C13H15N3O/c1-3-7-15-13(17)10(2)16-12-6-4-5-11(8-12)9-14/h3-6,8,10,16H,1,7H2,2H3,(H,15,17). The number of hydrogen-bond acceptors (Lipinski definition) is 3. The highest BCUT2D eigenvalue weighted by molar-refractivity contribution is 5.84.